The van der Waals surface area contributed by atoms with E-state index >= 15 is 0 Å². The first kappa shape index (κ1) is 13.7. The first-order chi connectivity index (χ1) is 9.10. The normalized spacial score (nSPS) is 10.7. The van der Waals surface area contributed by atoms with E-state index in [9.17, 15) is 0 Å². The summed E-state index contributed by atoms with van der Waals surface area (Å²) < 4.78 is 5.87. The molecule has 0 aliphatic carbocycles. The van der Waals surface area contributed by atoms with Crippen LogP contribution in [0.4, 0.5) is 5.69 Å². The number of benzene rings is 1. The molecule has 1 N–H and O–H groups in total. The molecule has 1 aromatic carbocycles. The summed E-state index contributed by atoms with van der Waals surface area (Å²) in [7, 11) is 4.01. The van der Waals surface area contributed by atoms with Crippen LogP contribution >= 0.6 is 0 Å². The van der Waals surface area contributed by atoms with Gasteiger partial charge in [0.05, 0.1) is 13.1 Å². The highest BCUT2D eigenvalue weighted by Gasteiger charge is 2.09. The SMILES string of the molecule is CNCc1oc(CN(C)c2ccc(C)cc2)cc1C. The molecule has 1 heterocycles. The molecule has 102 valence electrons. The minimum Gasteiger partial charge on any atom is -0.463 e. The van der Waals surface area contributed by atoms with E-state index in [0.717, 1.165) is 24.6 Å². The minimum absolute atomic E-state index is 0.778. The number of rotatable bonds is 5. The molecular weight excluding hydrogens is 236 g/mol. The molecule has 0 fully saturated rings. The van der Waals surface area contributed by atoms with E-state index in [-0.39, 0.29) is 0 Å². The van der Waals surface area contributed by atoms with Crippen molar-refractivity contribution in [3.05, 3.63) is 53.0 Å². The Bertz CT molecular complexity index is 528. The van der Waals surface area contributed by atoms with E-state index in [1.807, 2.05) is 7.05 Å². The quantitative estimate of drug-likeness (QED) is 0.892. The number of furan rings is 1. The second-order valence-electron chi connectivity index (χ2n) is 5.04. The molecule has 3 heteroatoms. The molecule has 1 aromatic heterocycles. The van der Waals surface area contributed by atoms with Gasteiger partial charge in [-0.2, -0.15) is 0 Å². The molecule has 0 aliphatic rings. The summed E-state index contributed by atoms with van der Waals surface area (Å²) in [4.78, 5) is 2.20. The molecule has 19 heavy (non-hydrogen) atoms. The van der Waals surface area contributed by atoms with Gasteiger partial charge in [0.25, 0.3) is 0 Å². The van der Waals surface area contributed by atoms with Gasteiger partial charge in [0.2, 0.25) is 0 Å². The van der Waals surface area contributed by atoms with Gasteiger partial charge in [-0.05, 0) is 44.7 Å². The first-order valence-electron chi connectivity index (χ1n) is 6.60. The van der Waals surface area contributed by atoms with Crippen molar-refractivity contribution in [2.45, 2.75) is 26.9 Å². The Hall–Kier alpha value is -1.74. The fraction of sp³-hybridized carbons (Fsp3) is 0.375. The van der Waals surface area contributed by atoms with Gasteiger partial charge in [-0.15, -0.1) is 0 Å². The summed E-state index contributed by atoms with van der Waals surface area (Å²) >= 11 is 0. The Morgan fingerprint density at radius 2 is 1.84 bits per heavy atom. The van der Waals surface area contributed by atoms with Crippen LogP contribution in [0.2, 0.25) is 0 Å². The highest BCUT2D eigenvalue weighted by molar-refractivity contribution is 5.46. The summed E-state index contributed by atoms with van der Waals surface area (Å²) in [6, 6.07) is 10.7. The van der Waals surface area contributed by atoms with Gasteiger partial charge in [0, 0.05) is 12.7 Å². The Labute approximate surface area is 115 Å². The zero-order chi connectivity index (χ0) is 13.8. The van der Waals surface area contributed by atoms with E-state index < -0.39 is 0 Å². The zero-order valence-corrected chi connectivity index (χ0v) is 12.2. The highest BCUT2D eigenvalue weighted by atomic mass is 16.3. The number of nitrogens with zero attached hydrogens (tertiary/aromatic N) is 1. The molecule has 3 nitrogen and oxygen atoms in total. The summed E-state index contributed by atoms with van der Waals surface area (Å²) in [5, 5.41) is 3.12. The summed E-state index contributed by atoms with van der Waals surface area (Å²) in [5.74, 6) is 2.03. The second kappa shape index (κ2) is 5.93. The lowest BCUT2D eigenvalue weighted by atomic mass is 10.2. The minimum atomic E-state index is 0.778. The van der Waals surface area contributed by atoms with E-state index in [4.69, 9.17) is 4.42 Å². The molecular formula is C16H22N2O. The van der Waals surface area contributed by atoms with Crippen molar-refractivity contribution in [1.82, 2.24) is 5.32 Å². The Morgan fingerprint density at radius 1 is 1.16 bits per heavy atom. The van der Waals surface area contributed by atoms with Crippen molar-refractivity contribution in [2.75, 3.05) is 19.0 Å². The predicted octanol–water partition coefficient (Wildman–Crippen LogP) is 3.25. The second-order valence-corrected chi connectivity index (χ2v) is 5.04. The van der Waals surface area contributed by atoms with Crippen LogP contribution in [0, 0.1) is 13.8 Å². The molecule has 2 aromatic rings. The summed E-state index contributed by atoms with van der Waals surface area (Å²) in [6.07, 6.45) is 0. The van der Waals surface area contributed by atoms with Crippen LogP contribution < -0.4 is 10.2 Å². The molecule has 0 bridgehead atoms. The first-order valence-corrected chi connectivity index (χ1v) is 6.60. The van der Waals surface area contributed by atoms with Crippen LogP contribution in [0.3, 0.4) is 0 Å². The van der Waals surface area contributed by atoms with E-state index in [1.54, 1.807) is 0 Å². The summed E-state index contributed by atoms with van der Waals surface area (Å²) in [5.41, 5.74) is 3.69. The van der Waals surface area contributed by atoms with Crippen LogP contribution in [0.25, 0.3) is 0 Å². The van der Waals surface area contributed by atoms with E-state index in [1.165, 1.54) is 16.8 Å². The summed E-state index contributed by atoms with van der Waals surface area (Å²) in [6.45, 7) is 5.75. The average Bonchev–Trinajstić information content (AvgIpc) is 2.71. The molecule has 0 aliphatic heterocycles. The van der Waals surface area contributed by atoms with Crippen LogP contribution in [0.1, 0.15) is 22.6 Å². The maximum atomic E-state index is 5.87. The predicted molar refractivity (Wildman–Crippen MR) is 79.5 cm³/mol. The van der Waals surface area contributed by atoms with Gasteiger partial charge in [-0.3, -0.25) is 0 Å². The standard InChI is InChI=1S/C16H22N2O/c1-12-5-7-14(8-6-12)18(4)11-15-9-13(2)16(19-15)10-17-3/h5-9,17H,10-11H2,1-4H3. The topological polar surface area (TPSA) is 28.4 Å². The molecule has 0 radical (unpaired) electrons. The zero-order valence-electron chi connectivity index (χ0n) is 12.2. The third-order valence-electron chi connectivity index (χ3n) is 3.28. The smallest absolute Gasteiger partial charge is 0.123 e. The van der Waals surface area contributed by atoms with Crippen molar-refractivity contribution < 1.29 is 4.42 Å². The van der Waals surface area contributed by atoms with Crippen molar-refractivity contribution in [2.24, 2.45) is 0 Å². The number of anilines is 1. The number of hydrogen-bond donors (Lipinski definition) is 1. The highest BCUT2D eigenvalue weighted by Crippen LogP contribution is 2.19. The molecule has 0 atom stereocenters. The number of hydrogen-bond acceptors (Lipinski definition) is 3. The van der Waals surface area contributed by atoms with Gasteiger partial charge in [-0.25, -0.2) is 0 Å². The molecule has 0 unspecified atom stereocenters. The third kappa shape index (κ3) is 3.38. The van der Waals surface area contributed by atoms with Crippen molar-refractivity contribution in [3.63, 3.8) is 0 Å². The van der Waals surface area contributed by atoms with Crippen molar-refractivity contribution >= 4 is 5.69 Å². The third-order valence-corrected chi connectivity index (χ3v) is 3.28. The number of nitrogens with one attached hydrogen (secondary N) is 1. The van der Waals surface area contributed by atoms with Crippen LogP contribution in [0.5, 0.6) is 0 Å². The fourth-order valence-electron chi connectivity index (χ4n) is 2.13. The number of aryl methyl sites for hydroxylation is 2. The lowest BCUT2D eigenvalue weighted by Gasteiger charge is -2.18. The van der Waals surface area contributed by atoms with Gasteiger partial charge in [0.15, 0.2) is 0 Å². The van der Waals surface area contributed by atoms with Crippen LogP contribution in [0.15, 0.2) is 34.7 Å². The monoisotopic (exact) mass is 258 g/mol. The lowest BCUT2D eigenvalue weighted by molar-refractivity contribution is 0.451. The molecule has 0 amide bonds. The van der Waals surface area contributed by atoms with Crippen molar-refractivity contribution in [1.29, 1.82) is 0 Å². The van der Waals surface area contributed by atoms with Crippen molar-refractivity contribution in [3.8, 4) is 0 Å². The largest absolute Gasteiger partial charge is 0.463 e. The average molecular weight is 258 g/mol. The van der Waals surface area contributed by atoms with Gasteiger partial charge in [-0.1, -0.05) is 17.7 Å². The lowest BCUT2D eigenvalue weighted by Crippen LogP contribution is -2.15. The molecule has 2 rings (SSSR count). The maximum absolute atomic E-state index is 5.87. The maximum Gasteiger partial charge on any atom is 0.123 e. The van der Waals surface area contributed by atoms with Gasteiger partial charge in [0.1, 0.15) is 11.5 Å². The Balaban J connectivity index is 2.08. The van der Waals surface area contributed by atoms with Crippen LogP contribution in [-0.4, -0.2) is 14.1 Å². The molecule has 0 saturated heterocycles. The van der Waals surface area contributed by atoms with E-state index in [0.29, 0.717) is 0 Å². The molecule has 0 saturated carbocycles. The van der Waals surface area contributed by atoms with Gasteiger partial charge >= 0.3 is 0 Å². The Kier molecular flexibility index (Phi) is 4.27. The molecule has 0 spiro atoms. The van der Waals surface area contributed by atoms with Crippen LogP contribution in [-0.2, 0) is 13.1 Å². The van der Waals surface area contributed by atoms with E-state index in [2.05, 4.69) is 61.4 Å². The Morgan fingerprint density at radius 3 is 2.47 bits per heavy atom. The van der Waals surface area contributed by atoms with Gasteiger partial charge < -0.3 is 14.6 Å². The fourth-order valence-corrected chi connectivity index (χ4v) is 2.13.